The molecule has 3 aromatic heterocycles. The second-order valence-electron chi connectivity index (χ2n) is 4.94. The number of amides is 1. The lowest BCUT2D eigenvalue weighted by molar-refractivity contribution is 0.0831. The summed E-state index contributed by atoms with van der Waals surface area (Å²) in [5.74, 6) is 0.625. The van der Waals surface area contributed by atoms with Gasteiger partial charge in [0, 0.05) is 29.5 Å². The molecule has 0 aliphatic heterocycles. The van der Waals surface area contributed by atoms with Crippen molar-refractivity contribution in [3.63, 3.8) is 0 Å². The number of methoxy groups -OCH3 is 1. The Hall–Kier alpha value is -2.38. The highest BCUT2D eigenvalue weighted by Gasteiger charge is 2.18. The lowest BCUT2D eigenvalue weighted by Crippen LogP contribution is -2.29. The molecule has 3 aromatic rings. The maximum Gasteiger partial charge on any atom is 0.273 e. The minimum atomic E-state index is -0.318. The van der Waals surface area contributed by atoms with E-state index in [2.05, 4.69) is 10.5 Å². The Morgan fingerprint density at radius 1 is 1.39 bits per heavy atom. The maximum absolute atomic E-state index is 12.2. The van der Waals surface area contributed by atoms with Crippen molar-refractivity contribution in [3.8, 4) is 11.5 Å². The molecule has 7 heteroatoms. The summed E-state index contributed by atoms with van der Waals surface area (Å²) in [7, 11) is 1.62. The fourth-order valence-electron chi connectivity index (χ4n) is 2.12. The number of nitrogens with zero attached hydrogens (tertiary/aromatic N) is 1. The number of ether oxygens (including phenoxy) is 1. The second-order valence-corrected chi connectivity index (χ2v) is 6.26. The first-order chi connectivity index (χ1) is 11.2. The normalized spacial score (nSPS) is 12.3. The number of aryl methyl sites for hydroxylation is 1. The maximum atomic E-state index is 12.2. The molecule has 0 saturated carbocycles. The number of aromatic nitrogens is 1. The first-order valence-corrected chi connectivity index (χ1v) is 7.87. The molecule has 120 valence electrons. The summed E-state index contributed by atoms with van der Waals surface area (Å²) in [6, 6.07) is 9.06. The summed E-state index contributed by atoms with van der Waals surface area (Å²) in [4.78, 5) is 14.4. The predicted molar refractivity (Wildman–Crippen MR) is 85.3 cm³/mol. The largest absolute Gasteiger partial charge is 0.461 e. The van der Waals surface area contributed by atoms with Gasteiger partial charge in [-0.2, -0.15) is 0 Å². The van der Waals surface area contributed by atoms with Gasteiger partial charge in [0.2, 0.25) is 5.76 Å². The zero-order valence-electron chi connectivity index (χ0n) is 12.7. The van der Waals surface area contributed by atoms with E-state index in [1.807, 2.05) is 19.1 Å². The summed E-state index contributed by atoms with van der Waals surface area (Å²) in [5.41, 5.74) is 0.202. The number of furan rings is 1. The van der Waals surface area contributed by atoms with E-state index in [9.17, 15) is 4.79 Å². The van der Waals surface area contributed by atoms with E-state index in [0.717, 1.165) is 4.88 Å². The smallest absolute Gasteiger partial charge is 0.273 e. The molecule has 0 aliphatic rings. The molecule has 1 atom stereocenters. The molecule has 0 bridgehead atoms. The lowest BCUT2D eigenvalue weighted by Gasteiger charge is -2.13. The summed E-state index contributed by atoms with van der Waals surface area (Å²) < 4.78 is 15.8. The van der Waals surface area contributed by atoms with Crippen molar-refractivity contribution >= 4 is 17.2 Å². The number of hydrogen-bond donors (Lipinski definition) is 1. The number of rotatable bonds is 6. The minimum Gasteiger partial charge on any atom is -0.461 e. The van der Waals surface area contributed by atoms with Gasteiger partial charge < -0.3 is 19.0 Å². The zero-order valence-corrected chi connectivity index (χ0v) is 13.6. The standard InChI is InChI=1S/C16H16N2O4S/c1-10-5-6-15(23-10)14(20-2)9-17-16(19)11-8-13(22-18-11)12-4-3-7-21-12/h3-8,14H,9H2,1-2H3,(H,17,19). The van der Waals surface area contributed by atoms with E-state index in [0.29, 0.717) is 18.1 Å². The quantitative estimate of drug-likeness (QED) is 0.748. The molecule has 1 N–H and O–H groups in total. The Labute approximate surface area is 137 Å². The van der Waals surface area contributed by atoms with Crippen LogP contribution in [0.5, 0.6) is 0 Å². The van der Waals surface area contributed by atoms with Gasteiger partial charge in [0.15, 0.2) is 11.5 Å². The number of thiophene rings is 1. The number of hydrogen-bond acceptors (Lipinski definition) is 6. The highest BCUT2D eigenvalue weighted by atomic mass is 32.1. The van der Waals surface area contributed by atoms with Crippen LogP contribution < -0.4 is 5.32 Å². The minimum absolute atomic E-state index is 0.186. The molecule has 0 aliphatic carbocycles. The molecule has 0 saturated heterocycles. The fraction of sp³-hybridized carbons (Fsp3) is 0.250. The van der Waals surface area contributed by atoms with Crippen molar-refractivity contribution in [1.82, 2.24) is 10.5 Å². The monoisotopic (exact) mass is 332 g/mol. The Morgan fingerprint density at radius 3 is 2.91 bits per heavy atom. The van der Waals surface area contributed by atoms with E-state index < -0.39 is 0 Å². The average Bonchev–Trinajstić information content (AvgIpc) is 3.28. The average molecular weight is 332 g/mol. The Morgan fingerprint density at radius 2 is 2.26 bits per heavy atom. The van der Waals surface area contributed by atoms with Crippen LogP contribution in [0.25, 0.3) is 11.5 Å². The van der Waals surface area contributed by atoms with Crippen molar-refractivity contribution in [2.45, 2.75) is 13.0 Å². The lowest BCUT2D eigenvalue weighted by atomic mass is 10.2. The van der Waals surface area contributed by atoms with Gasteiger partial charge in [-0.15, -0.1) is 11.3 Å². The molecule has 0 spiro atoms. The third-order valence-electron chi connectivity index (χ3n) is 3.32. The van der Waals surface area contributed by atoms with Gasteiger partial charge in [-0.05, 0) is 31.2 Å². The van der Waals surface area contributed by atoms with Crippen molar-refractivity contribution in [3.05, 3.63) is 52.0 Å². The van der Waals surface area contributed by atoms with Crippen molar-refractivity contribution in [1.29, 1.82) is 0 Å². The van der Waals surface area contributed by atoms with E-state index in [1.165, 1.54) is 11.1 Å². The molecular formula is C16H16N2O4S. The predicted octanol–water partition coefficient (Wildman–Crippen LogP) is 3.42. The molecule has 0 aromatic carbocycles. The van der Waals surface area contributed by atoms with Gasteiger partial charge in [0.25, 0.3) is 5.91 Å². The topological polar surface area (TPSA) is 77.5 Å². The van der Waals surface area contributed by atoms with Gasteiger partial charge in [0.05, 0.1) is 6.26 Å². The van der Waals surface area contributed by atoms with Crippen LogP contribution in [0.15, 0.2) is 45.5 Å². The van der Waals surface area contributed by atoms with Crippen LogP contribution in [0, 0.1) is 6.92 Å². The highest BCUT2D eigenvalue weighted by molar-refractivity contribution is 7.12. The van der Waals surface area contributed by atoms with Crippen LogP contribution in [0.1, 0.15) is 26.3 Å². The molecule has 6 nitrogen and oxygen atoms in total. The van der Waals surface area contributed by atoms with E-state index in [1.54, 1.807) is 36.6 Å². The fourth-order valence-corrected chi connectivity index (χ4v) is 3.07. The van der Waals surface area contributed by atoms with E-state index >= 15 is 0 Å². The molecule has 1 amide bonds. The van der Waals surface area contributed by atoms with Crippen molar-refractivity contribution in [2.75, 3.05) is 13.7 Å². The van der Waals surface area contributed by atoms with Gasteiger partial charge in [-0.3, -0.25) is 4.79 Å². The van der Waals surface area contributed by atoms with Crippen LogP contribution in [0.2, 0.25) is 0 Å². The molecular weight excluding hydrogens is 316 g/mol. The Balaban J connectivity index is 1.63. The van der Waals surface area contributed by atoms with Crippen LogP contribution in [0.3, 0.4) is 0 Å². The first kappa shape index (κ1) is 15.5. The van der Waals surface area contributed by atoms with E-state index in [4.69, 9.17) is 13.7 Å². The Bertz CT molecular complexity index is 776. The van der Waals surface area contributed by atoms with E-state index in [-0.39, 0.29) is 17.7 Å². The third kappa shape index (κ3) is 3.52. The number of carbonyl (C=O) groups is 1. The summed E-state index contributed by atoms with van der Waals surface area (Å²) in [6.45, 7) is 2.39. The van der Waals surface area contributed by atoms with Gasteiger partial charge in [-0.1, -0.05) is 5.16 Å². The molecule has 3 rings (SSSR count). The highest BCUT2D eigenvalue weighted by Crippen LogP contribution is 2.25. The number of nitrogens with one attached hydrogen (secondary N) is 1. The Kier molecular flexibility index (Phi) is 4.59. The first-order valence-electron chi connectivity index (χ1n) is 7.05. The molecule has 0 radical (unpaired) electrons. The SMILES string of the molecule is COC(CNC(=O)c1cc(-c2ccco2)on1)c1ccc(C)s1. The van der Waals surface area contributed by atoms with Crippen LogP contribution in [0.4, 0.5) is 0 Å². The van der Waals surface area contributed by atoms with Crippen molar-refractivity contribution < 1.29 is 18.5 Å². The molecule has 0 fully saturated rings. The van der Waals surface area contributed by atoms with Gasteiger partial charge >= 0.3 is 0 Å². The second kappa shape index (κ2) is 6.80. The third-order valence-corrected chi connectivity index (χ3v) is 4.41. The summed E-state index contributed by atoms with van der Waals surface area (Å²) in [5, 5.41) is 6.57. The molecule has 1 unspecified atom stereocenters. The van der Waals surface area contributed by atoms with Crippen LogP contribution in [-0.4, -0.2) is 24.7 Å². The van der Waals surface area contributed by atoms with Gasteiger partial charge in [0.1, 0.15) is 6.10 Å². The van der Waals surface area contributed by atoms with Gasteiger partial charge in [-0.25, -0.2) is 0 Å². The zero-order chi connectivity index (χ0) is 16.2. The van der Waals surface area contributed by atoms with Crippen LogP contribution >= 0.6 is 11.3 Å². The number of carbonyl (C=O) groups excluding carboxylic acids is 1. The molecule has 23 heavy (non-hydrogen) atoms. The molecule has 3 heterocycles. The summed E-state index contributed by atoms with van der Waals surface area (Å²) in [6.07, 6.45) is 1.35. The van der Waals surface area contributed by atoms with Crippen molar-refractivity contribution in [2.24, 2.45) is 0 Å². The van der Waals surface area contributed by atoms with Crippen LogP contribution in [-0.2, 0) is 4.74 Å². The summed E-state index contributed by atoms with van der Waals surface area (Å²) >= 11 is 1.65.